The van der Waals surface area contributed by atoms with Crippen LogP contribution < -0.4 is 10.1 Å². The Hall–Kier alpha value is -3.06. The summed E-state index contributed by atoms with van der Waals surface area (Å²) in [7, 11) is 1.44. The lowest BCUT2D eigenvalue weighted by Gasteiger charge is -2.11. The minimum atomic E-state index is -0.371. The van der Waals surface area contributed by atoms with Crippen LogP contribution in [0, 0.1) is 6.92 Å². The SMILES string of the molecule is COc1cc(/C=C/C(=O)NCc2c(CO)cnc(C)c2O)ccc1O. The molecule has 1 amide bonds. The second kappa shape index (κ2) is 8.16. The van der Waals surface area contributed by atoms with Gasteiger partial charge in [0.15, 0.2) is 11.5 Å². The number of benzene rings is 1. The summed E-state index contributed by atoms with van der Waals surface area (Å²) >= 11 is 0. The molecule has 1 aromatic heterocycles. The van der Waals surface area contributed by atoms with Gasteiger partial charge in [0.25, 0.3) is 0 Å². The van der Waals surface area contributed by atoms with Crippen LogP contribution in [0.3, 0.4) is 0 Å². The number of aliphatic hydroxyl groups excluding tert-OH is 1. The molecular weight excluding hydrogens is 324 g/mol. The molecule has 132 valence electrons. The molecule has 0 fully saturated rings. The Morgan fingerprint density at radius 1 is 1.36 bits per heavy atom. The highest BCUT2D eigenvalue weighted by Crippen LogP contribution is 2.27. The molecule has 0 saturated carbocycles. The van der Waals surface area contributed by atoms with Gasteiger partial charge in [0.05, 0.1) is 19.4 Å². The van der Waals surface area contributed by atoms with Crippen LogP contribution in [0.5, 0.6) is 17.2 Å². The van der Waals surface area contributed by atoms with E-state index in [4.69, 9.17) is 4.74 Å². The largest absolute Gasteiger partial charge is 0.506 e. The van der Waals surface area contributed by atoms with E-state index in [0.717, 1.165) is 0 Å². The van der Waals surface area contributed by atoms with Gasteiger partial charge < -0.3 is 25.4 Å². The monoisotopic (exact) mass is 344 g/mol. The topological polar surface area (TPSA) is 112 Å². The van der Waals surface area contributed by atoms with Crippen molar-refractivity contribution in [2.75, 3.05) is 7.11 Å². The van der Waals surface area contributed by atoms with E-state index in [0.29, 0.717) is 28.1 Å². The quantitative estimate of drug-likeness (QED) is 0.593. The summed E-state index contributed by atoms with van der Waals surface area (Å²) in [5.74, 6) is -0.0830. The fourth-order valence-corrected chi connectivity index (χ4v) is 2.22. The summed E-state index contributed by atoms with van der Waals surface area (Å²) in [5, 5.41) is 31.5. The molecule has 0 unspecified atom stereocenters. The van der Waals surface area contributed by atoms with Crippen molar-refractivity contribution in [1.82, 2.24) is 10.3 Å². The predicted octanol–water partition coefficient (Wildman–Crippen LogP) is 1.63. The molecule has 4 N–H and O–H groups in total. The Bertz CT molecular complexity index is 802. The van der Waals surface area contributed by atoms with E-state index >= 15 is 0 Å². The molecule has 7 nitrogen and oxygen atoms in total. The summed E-state index contributed by atoms with van der Waals surface area (Å²) in [6, 6.07) is 4.71. The fraction of sp³-hybridized carbons (Fsp3) is 0.222. The number of amides is 1. The van der Waals surface area contributed by atoms with E-state index in [1.54, 1.807) is 25.1 Å². The van der Waals surface area contributed by atoms with Gasteiger partial charge >= 0.3 is 0 Å². The van der Waals surface area contributed by atoms with Crippen LogP contribution in [0.1, 0.15) is 22.4 Å². The number of nitrogens with zero attached hydrogens (tertiary/aromatic N) is 1. The van der Waals surface area contributed by atoms with Crippen molar-refractivity contribution in [2.45, 2.75) is 20.1 Å². The molecule has 25 heavy (non-hydrogen) atoms. The number of hydrogen-bond donors (Lipinski definition) is 4. The molecule has 0 saturated heterocycles. The molecule has 0 aliphatic heterocycles. The summed E-state index contributed by atoms with van der Waals surface area (Å²) < 4.78 is 5.01. The van der Waals surface area contributed by atoms with E-state index in [9.17, 15) is 20.1 Å². The number of rotatable bonds is 6. The third-order valence-electron chi connectivity index (χ3n) is 3.67. The van der Waals surface area contributed by atoms with Crippen LogP contribution in [-0.2, 0) is 17.9 Å². The second-order valence-corrected chi connectivity index (χ2v) is 5.34. The summed E-state index contributed by atoms with van der Waals surface area (Å²) in [5.41, 5.74) is 2.00. The Kier molecular flexibility index (Phi) is 5.97. The maximum absolute atomic E-state index is 12.0. The number of aliphatic hydroxyl groups is 1. The first-order valence-corrected chi connectivity index (χ1v) is 7.56. The highest BCUT2D eigenvalue weighted by Gasteiger charge is 2.11. The van der Waals surface area contributed by atoms with Gasteiger partial charge in [0, 0.05) is 29.9 Å². The fourth-order valence-electron chi connectivity index (χ4n) is 2.22. The predicted molar refractivity (Wildman–Crippen MR) is 92.1 cm³/mol. The van der Waals surface area contributed by atoms with Crippen molar-refractivity contribution in [3.05, 3.63) is 52.9 Å². The molecule has 0 aliphatic rings. The number of aromatic nitrogens is 1. The van der Waals surface area contributed by atoms with Gasteiger partial charge in [-0.15, -0.1) is 0 Å². The van der Waals surface area contributed by atoms with Crippen LogP contribution in [0.2, 0.25) is 0 Å². The zero-order valence-electron chi connectivity index (χ0n) is 14.0. The number of pyridine rings is 1. The maximum Gasteiger partial charge on any atom is 0.244 e. The number of ether oxygens (including phenoxy) is 1. The molecule has 1 aromatic carbocycles. The zero-order chi connectivity index (χ0) is 18.4. The normalized spacial score (nSPS) is 10.8. The average Bonchev–Trinajstić information content (AvgIpc) is 2.62. The van der Waals surface area contributed by atoms with Crippen LogP contribution in [0.25, 0.3) is 6.08 Å². The molecule has 2 aromatic rings. The number of methoxy groups -OCH3 is 1. The number of aromatic hydroxyl groups is 2. The molecule has 0 bridgehead atoms. The Morgan fingerprint density at radius 3 is 2.80 bits per heavy atom. The molecule has 0 radical (unpaired) electrons. The third-order valence-corrected chi connectivity index (χ3v) is 3.67. The number of phenolic OH excluding ortho intramolecular Hbond substituents is 1. The first-order chi connectivity index (χ1) is 12.0. The van der Waals surface area contributed by atoms with E-state index in [2.05, 4.69) is 10.3 Å². The Labute approximate surface area is 145 Å². The van der Waals surface area contributed by atoms with Crippen molar-refractivity contribution in [2.24, 2.45) is 0 Å². The molecular formula is C18H20N2O5. The molecule has 2 rings (SSSR count). The second-order valence-electron chi connectivity index (χ2n) is 5.34. The standard InChI is InChI=1S/C18H20N2O5/c1-11-18(24)14(13(10-21)8-19-11)9-20-17(23)6-4-12-3-5-15(22)16(7-12)25-2/h3-8,21-22,24H,9-10H2,1-2H3,(H,20,23)/b6-4+. The number of phenols is 1. The van der Waals surface area contributed by atoms with Gasteiger partial charge in [0.1, 0.15) is 5.75 Å². The Morgan fingerprint density at radius 2 is 2.12 bits per heavy atom. The van der Waals surface area contributed by atoms with Crippen LogP contribution >= 0.6 is 0 Å². The maximum atomic E-state index is 12.0. The number of hydrogen-bond acceptors (Lipinski definition) is 6. The number of carbonyl (C=O) groups is 1. The molecule has 0 atom stereocenters. The van der Waals surface area contributed by atoms with Crippen molar-refractivity contribution in [3.8, 4) is 17.2 Å². The van der Waals surface area contributed by atoms with E-state index < -0.39 is 0 Å². The summed E-state index contributed by atoms with van der Waals surface area (Å²) in [4.78, 5) is 15.9. The van der Waals surface area contributed by atoms with E-state index in [1.807, 2.05) is 0 Å². The summed E-state index contributed by atoms with van der Waals surface area (Å²) in [6.07, 6.45) is 4.37. The molecule has 0 spiro atoms. The minimum absolute atomic E-state index is 0.0177. The van der Waals surface area contributed by atoms with Gasteiger partial charge in [-0.25, -0.2) is 0 Å². The number of nitrogens with one attached hydrogen (secondary N) is 1. The van der Waals surface area contributed by atoms with Gasteiger partial charge in [0.2, 0.25) is 5.91 Å². The first kappa shape index (κ1) is 18.3. The van der Waals surface area contributed by atoms with Crippen LogP contribution in [0.15, 0.2) is 30.5 Å². The van der Waals surface area contributed by atoms with Crippen molar-refractivity contribution in [3.63, 3.8) is 0 Å². The zero-order valence-corrected chi connectivity index (χ0v) is 14.0. The van der Waals surface area contributed by atoms with E-state index in [1.165, 1.54) is 25.4 Å². The minimum Gasteiger partial charge on any atom is -0.506 e. The number of carbonyl (C=O) groups excluding carboxylic acids is 1. The van der Waals surface area contributed by atoms with Crippen molar-refractivity contribution in [1.29, 1.82) is 0 Å². The lowest BCUT2D eigenvalue weighted by atomic mass is 10.1. The third kappa shape index (κ3) is 4.48. The highest BCUT2D eigenvalue weighted by molar-refractivity contribution is 5.91. The van der Waals surface area contributed by atoms with Crippen LogP contribution in [-0.4, -0.2) is 33.3 Å². The highest BCUT2D eigenvalue weighted by atomic mass is 16.5. The van der Waals surface area contributed by atoms with Crippen molar-refractivity contribution < 1.29 is 24.9 Å². The molecule has 7 heteroatoms. The van der Waals surface area contributed by atoms with Gasteiger partial charge in [-0.2, -0.15) is 0 Å². The lowest BCUT2D eigenvalue weighted by molar-refractivity contribution is -0.116. The average molecular weight is 344 g/mol. The van der Waals surface area contributed by atoms with Crippen LogP contribution in [0.4, 0.5) is 0 Å². The van der Waals surface area contributed by atoms with Gasteiger partial charge in [-0.3, -0.25) is 9.78 Å². The first-order valence-electron chi connectivity index (χ1n) is 7.56. The Balaban J connectivity index is 2.05. The van der Waals surface area contributed by atoms with Crippen molar-refractivity contribution >= 4 is 12.0 Å². The summed E-state index contributed by atoms with van der Waals surface area (Å²) in [6.45, 7) is 1.42. The van der Waals surface area contributed by atoms with E-state index in [-0.39, 0.29) is 30.6 Å². The number of aryl methyl sites for hydroxylation is 1. The molecule has 1 heterocycles. The molecule has 0 aliphatic carbocycles. The lowest BCUT2D eigenvalue weighted by Crippen LogP contribution is -2.21. The smallest absolute Gasteiger partial charge is 0.244 e. The van der Waals surface area contributed by atoms with Gasteiger partial charge in [-0.1, -0.05) is 6.07 Å². The van der Waals surface area contributed by atoms with Gasteiger partial charge in [-0.05, 0) is 30.7 Å².